The highest BCUT2D eigenvalue weighted by molar-refractivity contribution is 6.03. The van der Waals surface area contributed by atoms with Gasteiger partial charge in [0.05, 0.1) is 24.4 Å². The van der Waals surface area contributed by atoms with Crippen LogP contribution in [-0.4, -0.2) is 48.3 Å². The van der Waals surface area contributed by atoms with Gasteiger partial charge in [-0.25, -0.2) is 9.97 Å². The van der Waals surface area contributed by atoms with Gasteiger partial charge in [-0.15, -0.1) is 6.42 Å². The number of nitrogens with zero attached hydrogens (tertiary/aromatic N) is 2. The molecule has 1 aromatic heterocycles. The molecule has 1 saturated heterocycles. The Kier molecular flexibility index (Phi) is 7.71. The van der Waals surface area contributed by atoms with Crippen molar-refractivity contribution in [3.05, 3.63) is 60.4 Å². The topological polar surface area (TPSA) is 97.4 Å². The summed E-state index contributed by atoms with van der Waals surface area (Å²) in [4.78, 5) is 21.4. The number of benzene rings is 2. The molecule has 8 heteroatoms. The number of likely N-dealkylation sites (N-methyl/N-ethyl adjacent to an activating group) is 1. The number of hydrogen-bond donors (Lipinski definition) is 3. The zero-order chi connectivity index (χ0) is 23.8. The third-order valence-corrected chi connectivity index (χ3v) is 5.25. The third kappa shape index (κ3) is 5.90. The van der Waals surface area contributed by atoms with Gasteiger partial charge < -0.3 is 25.4 Å². The number of amides is 1. The number of carbonyl (C=O) groups is 1. The fraction of sp³-hybridized carbons (Fsp3) is 0.269. The lowest BCUT2D eigenvalue weighted by molar-refractivity contribution is -0.111. The molecule has 1 aliphatic rings. The number of rotatable bonds is 9. The number of nitrogens with one attached hydrogen (secondary N) is 3. The Morgan fingerprint density at radius 3 is 3.03 bits per heavy atom. The van der Waals surface area contributed by atoms with Gasteiger partial charge in [0.2, 0.25) is 5.91 Å². The number of fused-ring (bicyclic) bond motifs is 1. The van der Waals surface area contributed by atoms with Crippen molar-refractivity contribution in [3.8, 4) is 18.1 Å². The molecule has 8 nitrogen and oxygen atoms in total. The molecule has 0 saturated carbocycles. The van der Waals surface area contributed by atoms with Crippen LogP contribution >= 0.6 is 0 Å². The summed E-state index contributed by atoms with van der Waals surface area (Å²) in [6.07, 6.45) is 11.0. The molecule has 4 rings (SSSR count). The van der Waals surface area contributed by atoms with Gasteiger partial charge >= 0.3 is 0 Å². The molecular formula is C26H27N5O3. The molecule has 3 N–H and O–H groups in total. The summed E-state index contributed by atoms with van der Waals surface area (Å²) >= 11 is 0. The van der Waals surface area contributed by atoms with Crippen LogP contribution < -0.4 is 20.7 Å². The summed E-state index contributed by atoms with van der Waals surface area (Å²) < 4.78 is 11.6. The summed E-state index contributed by atoms with van der Waals surface area (Å²) in [5.74, 6) is 3.51. The second-order valence-electron chi connectivity index (χ2n) is 7.74. The van der Waals surface area contributed by atoms with Crippen LogP contribution in [0.3, 0.4) is 0 Å². The Morgan fingerprint density at radius 1 is 1.32 bits per heavy atom. The van der Waals surface area contributed by atoms with Crippen LogP contribution in [-0.2, 0) is 9.53 Å². The summed E-state index contributed by atoms with van der Waals surface area (Å²) in [7, 11) is 0. The van der Waals surface area contributed by atoms with E-state index in [1.54, 1.807) is 6.08 Å². The Labute approximate surface area is 198 Å². The first kappa shape index (κ1) is 23.2. The monoisotopic (exact) mass is 457 g/mol. The lowest BCUT2D eigenvalue weighted by atomic mass is 10.1. The molecule has 2 aromatic carbocycles. The first-order chi connectivity index (χ1) is 16.7. The van der Waals surface area contributed by atoms with E-state index in [2.05, 4.69) is 31.8 Å². The highest BCUT2D eigenvalue weighted by Gasteiger charge is 2.20. The van der Waals surface area contributed by atoms with Crippen molar-refractivity contribution in [2.75, 3.05) is 36.9 Å². The van der Waals surface area contributed by atoms with E-state index in [4.69, 9.17) is 15.9 Å². The van der Waals surface area contributed by atoms with Crippen LogP contribution in [0.4, 0.5) is 17.2 Å². The molecule has 1 aliphatic heterocycles. The maximum atomic E-state index is 12.6. The molecule has 34 heavy (non-hydrogen) atoms. The zero-order valence-electron chi connectivity index (χ0n) is 19.0. The van der Waals surface area contributed by atoms with Gasteiger partial charge in [-0.05, 0) is 30.8 Å². The molecule has 1 amide bonds. The van der Waals surface area contributed by atoms with Crippen molar-refractivity contribution in [3.63, 3.8) is 0 Å². The minimum Gasteiger partial charge on any atom is -0.486 e. The maximum Gasteiger partial charge on any atom is 0.248 e. The van der Waals surface area contributed by atoms with E-state index >= 15 is 0 Å². The minimum absolute atomic E-state index is 0.0802. The predicted octanol–water partition coefficient (Wildman–Crippen LogP) is 3.63. The highest BCUT2D eigenvalue weighted by Crippen LogP contribution is 2.34. The minimum atomic E-state index is -0.252. The van der Waals surface area contributed by atoms with Crippen molar-refractivity contribution >= 4 is 34.0 Å². The van der Waals surface area contributed by atoms with E-state index in [1.807, 2.05) is 43.3 Å². The summed E-state index contributed by atoms with van der Waals surface area (Å²) in [5.41, 5.74) is 2.78. The first-order valence-corrected chi connectivity index (χ1v) is 11.2. The second kappa shape index (κ2) is 11.3. The number of carbonyl (C=O) groups excluding carboxylic acids is 1. The smallest absolute Gasteiger partial charge is 0.248 e. The van der Waals surface area contributed by atoms with Crippen LogP contribution in [0, 0.1) is 12.3 Å². The molecule has 0 spiro atoms. The maximum absolute atomic E-state index is 12.6. The van der Waals surface area contributed by atoms with Crippen LogP contribution in [0.1, 0.15) is 18.9 Å². The van der Waals surface area contributed by atoms with Crippen molar-refractivity contribution in [2.24, 2.45) is 0 Å². The van der Waals surface area contributed by atoms with E-state index in [-0.39, 0.29) is 12.0 Å². The molecule has 3 aromatic rings. The largest absolute Gasteiger partial charge is 0.486 e. The van der Waals surface area contributed by atoms with Gasteiger partial charge in [-0.2, -0.15) is 0 Å². The molecule has 1 fully saturated rings. The summed E-state index contributed by atoms with van der Waals surface area (Å²) in [6.45, 7) is 4.62. The molecule has 1 atom stereocenters. The Morgan fingerprint density at radius 2 is 2.24 bits per heavy atom. The highest BCUT2D eigenvalue weighted by atomic mass is 16.5. The quantitative estimate of drug-likeness (QED) is 0.256. The fourth-order valence-electron chi connectivity index (χ4n) is 3.56. The van der Waals surface area contributed by atoms with E-state index in [9.17, 15) is 4.79 Å². The normalized spacial score (nSPS) is 15.4. The van der Waals surface area contributed by atoms with E-state index in [1.165, 1.54) is 12.4 Å². The van der Waals surface area contributed by atoms with Gasteiger partial charge in [0.15, 0.2) is 0 Å². The fourth-order valence-corrected chi connectivity index (χ4v) is 3.56. The number of anilines is 3. The molecule has 1 unspecified atom stereocenters. The molecule has 174 valence electrons. The Balaban J connectivity index is 1.67. The first-order valence-electron chi connectivity index (χ1n) is 11.2. The van der Waals surface area contributed by atoms with E-state index < -0.39 is 0 Å². The number of terminal acetylenes is 1. The van der Waals surface area contributed by atoms with Crippen molar-refractivity contribution in [1.29, 1.82) is 0 Å². The SMILES string of the molecule is C#Cc1cccc(Nc2ncnc3cc(OC4CCOC4)c(NC(=O)C=CCNCC)cc23)c1. The van der Waals surface area contributed by atoms with Gasteiger partial charge in [-0.1, -0.05) is 25.0 Å². The number of ether oxygens (including phenoxy) is 2. The molecule has 0 radical (unpaired) electrons. The predicted molar refractivity (Wildman–Crippen MR) is 133 cm³/mol. The van der Waals surface area contributed by atoms with Gasteiger partial charge in [-0.3, -0.25) is 4.79 Å². The van der Waals surface area contributed by atoms with Crippen LogP contribution in [0.2, 0.25) is 0 Å². The number of aromatic nitrogens is 2. The van der Waals surface area contributed by atoms with Gasteiger partial charge in [0, 0.05) is 41.7 Å². The summed E-state index contributed by atoms with van der Waals surface area (Å²) in [6, 6.07) is 11.1. The molecular weight excluding hydrogens is 430 g/mol. The average molecular weight is 458 g/mol. The van der Waals surface area contributed by atoms with Crippen molar-refractivity contribution in [2.45, 2.75) is 19.4 Å². The Hall–Kier alpha value is -3.93. The lowest BCUT2D eigenvalue weighted by Crippen LogP contribution is -2.18. The van der Waals surface area contributed by atoms with Gasteiger partial charge in [0.25, 0.3) is 0 Å². The zero-order valence-corrected chi connectivity index (χ0v) is 19.0. The van der Waals surface area contributed by atoms with Crippen molar-refractivity contribution in [1.82, 2.24) is 15.3 Å². The van der Waals surface area contributed by atoms with Crippen molar-refractivity contribution < 1.29 is 14.3 Å². The lowest BCUT2D eigenvalue weighted by Gasteiger charge is -2.17. The standard InChI is InChI=1S/C26H27N5O3/c1-3-18-7-5-8-19(13-18)30-26-21-14-23(31-25(32)9-6-11-27-4-2)24(15-22(21)28-17-29-26)34-20-10-12-33-16-20/h1,5-9,13-15,17,20,27H,4,10-12,16H2,2H3,(H,31,32)(H,28,29,30). The Bertz CT molecular complexity index is 1230. The molecule has 0 bridgehead atoms. The van der Waals surface area contributed by atoms with Crippen LogP contribution in [0.25, 0.3) is 10.9 Å². The van der Waals surface area contributed by atoms with E-state index in [0.717, 1.165) is 29.6 Å². The van der Waals surface area contributed by atoms with Crippen LogP contribution in [0.15, 0.2) is 54.9 Å². The molecule has 2 heterocycles. The average Bonchev–Trinajstić information content (AvgIpc) is 3.36. The van der Waals surface area contributed by atoms with E-state index in [0.29, 0.717) is 42.5 Å². The third-order valence-electron chi connectivity index (χ3n) is 5.25. The number of hydrogen-bond acceptors (Lipinski definition) is 7. The van der Waals surface area contributed by atoms with Crippen LogP contribution in [0.5, 0.6) is 5.75 Å². The second-order valence-corrected chi connectivity index (χ2v) is 7.74. The molecule has 0 aliphatic carbocycles. The van der Waals surface area contributed by atoms with Gasteiger partial charge in [0.1, 0.15) is 24.0 Å². The summed E-state index contributed by atoms with van der Waals surface area (Å²) in [5, 5.41) is 10.1.